The molecule has 2 heterocycles. The molecule has 0 atom stereocenters. The molecule has 0 unspecified atom stereocenters. The summed E-state index contributed by atoms with van der Waals surface area (Å²) < 4.78 is 0. The maximum absolute atomic E-state index is 11.0. The second-order valence-electron chi connectivity index (χ2n) is 2.73. The summed E-state index contributed by atoms with van der Waals surface area (Å²) in [5.74, 6) is -0.580. The fourth-order valence-corrected chi connectivity index (χ4v) is 1.16. The van der Waals surface area contributed by atoms with E-state index in [1.165, 1.54) is 6.20 Å². The number of rotatable bonds is 1. The average Bonchev–Trinajstić information content (AvgIpc) is 2.27. The molecular formula is C9H7N3O2. The van der Waals surface area contributed by atoms with E-state index in [1.54, 1.807) is 30.0 Å². The number of hydrogen-bond donors (Lipinski definition) is 2. The lowest BCUT2D eigenvalue weighted by molar-refractivity contribution is 0.0706. The third kappa shape index (κ3) is 1.40. The van der Waals surface area contributed by atoms with Gasteiger partial charge in [0.05, 0.1) is 11.1 Å². The number of amides is 1. The number of hydroxylamine groups is 1. The largest absolute Gasteiger partial charge is 0.288 e. The molecule has 0 aliphatic heterocycles. The van der Waals surface area contributed by atoms with Crippen LogP contribution in [0, 0.1) is 0 Å². The van der Waals surface area contributed by atoms with Gasteiger partial charge in [0.1, 0.15) is 0 Å². The van der Waals surface area contributed by atoms with Crippen LogP contribution in [-0.4, -0.2) is 21.1 Å². The normalized spacial score (nSPS) is 10.1. The first kappa shape index (κ1) is 8.58. The molecule has 0 aliphatic rings. The van der Waals surface area contributed by atoms with Crippen molar-refractivity contribution in [3.63, 3.8) is 0 Å². The van der Waals surface area contributed by atoms with E-state index in [2.05, 4.69) is 9.97 Å². The molecule has 0 aromatic carbocycles. The molecule has 5 nitrogen and oxygen atoms in total. The highest BCUT2D eigenvalue weighted by Gasteiger charge is 2.04. The molecule has 0 saturated heterocycles. The van der Waals surface area contributed by atoms with Crippen LogP contribution in [0.3, 0.4) is 0 Å². The van der Waals surface area contributed by atoms with E-state index < -0.39 is 5.91 Å². The Morgan fingerprint density at radius 3 is 3.07 bits per heavy atom. The monoisotopic (exact) mass is 189 g/mol. The number of fused-ring (bicyclic) bond motifs is 1. The van der Waals surface area contributed by atoms with Crippen molar-refractivity contribution < 1.29 is 10.0 Å². The van der Waals surface area contributed by atoms with Crippen LogP contribution < -0.4 is 5.48 Å². The van der Waals surface area contributed by atoms with Crippen LogP contribution in [0.2, 0.25) is 0 Å². The topological polar surface area (TPSA) is 75.1 Å². The van der Waals surface area contributed by atoms with Gasteiger partial charge < -0.3 is 0 Å². The number of carbonyl (C=O) groups excluding carboxylic acids is 1. The molecule has 2 aromatic heterocycles. The zero-order valence-corrected chi connectivity index (χ0v) is 7.14. The van der Waals surface area contributed by atoms with E-state index in [1.807, 2.05) is 0 Å². The first-order chi connectivity index (χ1) is 6.81. The molecule has 2 rings (SSSR count). The first-order valence-corrected chi connectivity index (χ1v) is 3.95. The van der Waals surface area contributed by atoms with Crippen LogP contribution in [0.1, 0.15) is 10.4 Å². The van der Waals surface area contributed by atoms with Crippen molar-refractivity contribution in [2.24, 2.45) is 0 Å². The molecule has 2 aromatic rings. The van der Waals surface area contributed by atoms with Crippen LogP contribution >= 0.6 is 0 Å². The summed E-state index contributed by atoms with van der Waals surface area (Å²) in [5, 5.41) is 9.18. The molecule has 0 radical (unpaired) electrons. The summed E-state index contributed by atoms with van der Waals surface area (Å²) in [4.78, 5) is 19.0. The van der Waals surface area contributed by atoms with Gasteiger partial charge in [-0.1, -0.05) is 0 Å². The van der Waals surface area contributed by atoms with E-state index in [-0.39, 0.29) is 0 Å². The summed E-state index contributed by atoms with van der Waals surface area (Å²) in [7, 11) is 0. The highest BCUT2D eigenvalue weighted by molar-refractivity contribution is 5.96. The van der Waals surface area contributed by atoms with Gasteiger partial charge in [-0.15, -0.1) is 0 Å². The fraction of sp³-hybridized carbons (Fsp3) is 0. The maximum Gasteiger partial charge on any atom is 0.276 e. The van der Waals surface area contributed by atoms with Crippen LogP contribution in [0.15, 0.2) is 30.7 Å². The van der Waals surface area contributed by atoms with Gasteiger partial charge in [0.25, 0.3) is 5.91 Å². The Morgan fingerprint density at radius 2 is 2.29 bits per heavy atom. The summed E-state index contributed by atoms with van der Waals surface area (Å²) >= 11 is 0. The molecule has 0 spiro atoms. The van der Waals surface area contributed by atoms with Gasteiger partial charge in [0.15, 0.2) is 0 Å². The number of hydrogen-bond acceptors (Lipinski definition) is 4. The lowest BCUT2D eigenvalue weighted by atomic mass is 10.2. The average molecular weight is 189 g/mol. The van der Waals surface area contributed by atoms with Crippen LogP contribution in [0.25, 0.3) is 10.9 Å². The molecule has 14 heavy (non-hydrogen) atoms. The maximum atomic E-state index is 11.0. The number of aromatic nitrogens is 2. The van der Waals surface area contributed by atoms with Crippen molar-refractivity contribution in [1.29, 1.82) is 0 Å². The van der Waals surface area contributed by atoms with Crippen molar-refractivity contribution in [2.45, 2.75) is 0 Å². The van der Waals surface area contributed by atoms with Gasteiger partial charge in [0, 0.05) is 24.0 Å². The standard InChI is InChI=1S/C9H7N3O2/c13-9(12-14)7-3-6-4-10-2-1-8(6)11-5-7/h1-5,14H,(H,12,13). The van der Waals surface area contributed by atoms with Crippen LogP contribution in [0.5, 0.6) is 0 Å². The zero-order valence-electron chi connectivity index (χ0n) is 7.14. The molecule has 0 aliphatic carbocycles. The van der Waals surface area contributed by atoms with Gasteiger partial charge in [-0.25, -0.2) is 5.48 Å². The number of pyridine rings is 2. The predicted molar refractivity (Wildman–Crippen MR) is 48.8 cm³/mol. The van der Waals surface area contributed by atoms with Gasteiger partial charge >= 0.3 is 0 Å². The summed E-state index contributed by atoms with van der Waals surface area (Å²) in [6, 6.07) is 3.36. The predicted octanol–water partition coefficient (Wildman–Crippen LogP) is 0.749. The quantitative estimate of drug-likeness (QED) is 0.512. The fourth-order valence-electron chi connectivity index (χ4n) is 1.16. The minimum absolute atomic E-state index is 0.299. The molecule has 0 saturated carbocycles. The third-order valence-electron chi connectivity index (χ3n) is 1.85. The highest BCUT2D eigenvalue weighted by atomic mass is 16.5. The second kappa shape index (κ2) is 3.39. The first-order valence-electron chi connectivity index (χ1n) is 3.95. The summed E-state index contributed by atoms with van der Waals surface area (Å²) in [6.07, 6.45) is 4.63. The Bertz CT molecular complexity index is 484. The second-order valence-corrected chi connectivity index (χ2v) is 2.73. The van der Waals surface area contributed by atoms with E-state index in [0.717, 1.165) is 10.9 Å². The van der Waals surface area contributed by atoms with Gasteiger partial charge in [0.2, 0.25) is 0 Å². The van der Waals surface area contributed by atoms with Crippen molar-refractivity contribution in [3.8, 4) is 0 Å². The molecule has 70 valence electrons. The van der Waals surface area contributed by atoms with E-state index >= 15 is 0 Å². The van der Waals surface area contributed by atoms with Crippen LogP contribution in [-0.2, 0) is 0 Å². The Balaban J connectivity index is 2.56. The minimum Gasteiger partial charge on any atom is -0.288 e. The third-order valence-corrected chi connectivity index (χ3v) is 1.85. The molecule has 0 bridgehead atoms. The molecule has 1 amide bonds. The van der Waals surface area contributed by atoms with Crippen molar-refractivity contribution in [2.75, 3.05) is 0 Å². The zero-order chi connectivity index (χ0) is 9.97. The Kier molecular flexibility index (Phi) is 2.08. The lowest BCUT2D eigenvalue weighted by Gasteiger charge is -1.99. The number of carbonyl (C=O) groups is 1. The smallest absolute Gasteiger partial charge is 0.276 e. The Morgan fingerprint density at radius 1 is 1.43 bits per heavy atom. The van der Waals surface area contributed by atoms with E-state index in [4.69, 9.17) is 5.21 Å². The SMILES string of the molecule is O=C(NO)c1cnc2ccncc2c1. The van der Waals surface area contributed by atoms with Crippen molar-refractivity contribution in [1.82, 2.24) is 15.4 Å². The van der Waals surface area contributed by atoms with Crippen molar-refractivity contribution in [3.05, 3.63) is 36.3 Å². The summed E-state index contributed by atoms with van der Waals surface area (Å²) in [6.45, 7) is 0. The minimum atomic E-state index is -0.580. The van der Waals surface area contributed by atoms with Crippen molar-refractivity contribution >= 4 is 16.8 Å². The number of nitrogens with one attached hydrogen (secondary N) is 1. The summed E-state index contributed by atoms with van der Waals surface area (Å²) in [5.41, 5.74) is 2.60. The number of nitrogens with zero attached hydrogens (tertiary/aromatic N) is 2. The Hall–Kier alpha value is -2.01. The molecule has 5 heteroatoms. The van der Waals surface area contributed by atoms with Crippen LogP contribution in [0.4, 0.5) is 0 Å². The van der Waals surface area contributed by atoms with Gasteiger partial charge in [-0.2, -0.15) is 0 Å². The lowest BCUT2D eigenvalue weighted by Crippen LogP contribution is -2.18. The molecule has 2 N–H and O–H groups in total. The molecular weight excluding hydrogens is 182 g/mol. The Labute approximate surface area is 79.4 Å². The van der Waals surface area contributed by atoms with Gasteiger partial charge in [-0.05, 0) is 12.1 Å². The van der Waals surface area contributed by atoms with E-state index in [0.29, 0.717) is 5.56 Å². The molecule has 0 fully saturated rings. The van der Waals surface area contributed by atoms with Gasteiger partial charge in [-0.3, -0.25) is 20.0 Å². The highest BCUT2D eigenvalue weighted by Crippen LogP contribution is 2.10. The van der Waals surface area contributed by atoms with E-state index in [9.17, 15) is 4.79 Å².